The molecule has 0 radical (unpaired) electrons. The van der Waals surface area contributed by atoms with Gasteiger partial charge in [-0.3, -0.25) is 52.4 Å². The lowest BCUT2D eigenvalue weighted by molar-refractivity contribution is -0.139. The summed E-state index contributed by atoms with van der Waals surface area (Å²) in [6, 6.07) is 4.71. The van der Waals surface area contributed by atoms with Gasteiger partial charge in [-0.2, -0.15) is 0 Å². The van der Waals surface area contributed by atoms with Crippen molar-refractivity contribution in [2.45, 2.75) is 134 Å². The average molecular weight is 1410 g/mol. The number of halogens is 2. The lowest BCUT2D eigenvalue weighted by Crippen LogP contribution is -2.45. The van der Waals surface area contributed by atoms with E-state index in [-0.39, 0.29) is 128 Å². The molecule has 4 aromatic heterocycles. The number of Topliss-reactive ketones (excluding diaryl/α,β-unsaturated/α-hetero) is 1. The van der Waals surface area contributed by atoms with Crippen molar-refractivity contribution < 1.29 is 94.0 Å². The Kier molecular flexibility index (Phi) is 23.9. The number of alkyl halides is 2. The van der Waals surface area contributed by atoms with Crippen LogP contribution in [0, 0.1) is 17.8 Å². The number of hydrogen-bond acceptors (Lipinski definition) is 25. The fourth-order valence-electron chi connectivity index (χ4n) is 10.9. The van der Waals surface area contributed by atoms with E-state index in [2.05, 4.69) is 51.2 Å². The van der Waals surface area contributed by atoms with Crippen molar-refractivity contribution in [2.24, 2.45) is 23.5 Å². The number of nitrogens with two attached hydrogens (primary N) is 2. The van der Waals surface area contributed by atoms with Crippen LogP contribution in [0.5, 0.6) is 0 Å². The van der Waals surface area contributed by atoms with Crippen LogP contribution in [0.1, 0.15) is 90.2 Å². The van der Waals surface area contributed by atoms with E-state index in [4.69, 9.17) is 72.1 Å². The number of urea groups is 1. The van der Waals surface area contributed by atoms with Gasteiger partial charge >= 0.3 is 31.7 Å². The summed E-state index contributed by atoms with van der Waals surface area (Å²) in [4.78, 5) is 152. The first kappa shape index (κ1) is 71.8. The number of anilines is 3. The third-order valence-electron chi connectivity index (χ3n) is 15.8. The molecule has 0 spiro atoms. The van der Waals surface area contributed by atoms with Crippen LogP contribution in [0.25, 0.3) is 22.3 Å². The van der Waals surface area contributed by atoms with Crippen molar-refractivity contribution in [1.82, 2.24) is 59.5 Å². The van der Waals surface area contributed by atoms with Crippen LogP contribution in [-0.2, 0) is 91.2 Å². The number of amides is 8. The first-order valence-corrected chi connectivity index (χ1v) is 35.3. The third-order valence-corrected chi connectivity index (χ3v) is 19.0. The van der Waals surface area contributed by atoms with Crippen molar-refractivity contribution >= 4 is 124 Å². The third kappa shape index (κ3) is 18.2. The van der Waals surface area contributed by atoms with Crippen LogP contribution in [0.2, 0.25) is 0 Å². The number of imide groups is 1. The van der Waals surface area contributed by atoms with Gasteiger partial charge in [0.1, 0.15) is 55.8 Å². The number of unbranched alkanes of at least 4 members (excludes halogenated alkanes) is 2. The van der Waals surface area contributed by atoms with Crippen molar-refractivity contribution in [2.75, 3.05) is 62.9 Å². The molecule has 8 amide bonds. The number of ketones is 1. The summed E-state index contributed by atoms with van der Waals surface area (Å²) in [5.41, 5.74) is 12.1. The van der Waals surface area contributed by atoms with E-state index >= 15 is 8.78 Å². The molecule has 9 rings (SSSR count). The van der Waals surface area contributed by atoms with Gasteiger partial charge in [-0.1, -0.05) is 39.3 Å². The SMILES string of the molecule is CC1CC(=O)N(CCCCCC(=O)NC(C(=O)C[C@@H](CCCNC(N)=O)C(=O)Nc2ccc(COC(=O)N(C)CCOC(=O)Nc3ncnc4c3ncn4[C@@H]3O[C@@H]4COP(O)(=S)O[C@H]5[C@@H](F)[C@H](n6cnc7c(N)ncnc76)O[C@@H]5COP(O)(=S)O[C@H]4[C@H]3F)cc2)C(C)C)C1=O. The predicted molar refractivity (Wildman–Crippen MR) is 336 cm³/mol. The highest BCUT2D eigenvalue weighted by Crippen LogP contribution is 2.55. The van der Waals surface area contributed by atoms with Gasteiger partial charge in [0.15, 0.2) is 59.0 Å². The Balaban J connectivity index is 0.723. The van der Waals surface area contributed by atoms with Crippen molar-refractivity contribution in [3.63, 3.8) is 0 Å². The number of hydrogen-bond donors (Lipinski definition) is 8. The van der Waals surface area contributed by atoms with Crippen molar-refractivity contribution in [3.8, 4) is 0 Å². The van der Waals surface area contributed by atoms with E-state index in [9.17, 15) is 48.1 Å². The van der Waals surface area contributed by atoms with Gasteiger partial charge in [0.25, 0.3) is 0 Å². The molecule has 4 unspecified atom stereocenters. The number of carbonyl (C=O) groups excluding carboxylic acids is 8. The number of fused-ring (bicyclic) bond motifs is 4. The maximum absolute atomic E-state index is 16.7. The quantitative estimate of drug-likeness (QED) is 0.0234. The molecule has 0 saturated carbocycles. The van der Waals surface area contributed by atoms with Gasteiger partial charge in [0.05, 0.1) is 38.5 Å². The van der Waals surface area contributed by atoms with Gasteiger partial charge < -0.3 is 70.1 Å². The number of likely N-dealkylation sites (N-methyl/N-ethyl adjacent to an activating group) is 1. The predicted octanol–water partition coefficient (Wildman–Crippen LogP) is 3.85. The molecule has 13 atom stereocenters. The topological polar surface area (TPSA) is 445 Å². The van der Waals surface area contributed by atoms with E-state index in [0.29, 0.717) is 36.9 Å². The number of nitrogens with zero attached hydrogens (tertiary/aromatic N) is 10. The van der Waals surface area contributed by atoms with Crippen LogP contribution in [-0.4, -0.2) is 196 Å². The molecule has 4 saturated heterocycles. The first-order valence-electron chi connectivity index (χ1n) is 30.1. The minimum Gasteiger partial charge on any atom is -0.447 e. The van der Waals surface area contributed by atoms with Gasteiger partial charge in [-0.05, 0) is 72.9 Å². The van der Waals surface area contributed by atoms with Gasteiger partial charge in [-0.15, -0.1) is 0 Å². The minimum atomic E-state index is -4.43. The number of aromatic nitrogens is 8. The maximum Gasteiger partial charge on any atom is 0.412 e. The maximum atomic E-state index is 16.7. The van der Waals surface area contributed by atoms with E-state index in [1.54, 1.807) is 45.0 Å². The highest BCUT2D eigenvalue weighted by Gasteiger charge is 2.54. The number of primary amides is 1. The lowest BCUT2D eigenvalue weighted by atomic mass is 9.89. The fraction of sp³-hybridized carbons (Fsp3) is 0.564. The molecule has 516 valence electrons. The Morgan fingerprint density at radius 1 is 0.821 bits per heavy atom. The van der Waals surface area contributed by atoms with Crippen LogP contribution in [0.15, 0.2) is 49.6 Å². The Morgan fingerprint density at radius 3 is 2.03 bits per heavy atom. The van der Waals surface area contributed by atoms with Crippen LogP contribution in [0.3, 0.4) is 0 Å². The Labute approximate surface area is 551 Å². The van der Waals surface area contributed by atoms with E-state index in [1.165, 1.54) is 22.8 Å². The number of nitrogens with one attached hydrogen (secondary N) is 4. The molecule has 5 aromatic rings. The number of rotatable bonds is 25. The van der Waals surface area contributed by atoms with Crippen molar-refractivity contribution in [3.05, 3.63) is 55.1 Å². The summed E-state index contributed by atoms with van der Waals surface area (Å²) in [6.07, 6.45) is -8.88. The summed E-state index contributed by atoms with van der Waals surface area (Å²) >= 11 is 10.5. The largest absolute Gasteiger partial charge is 0.447 e. The molecule has 4 aliphatic rings. The molecule has 0 aliphatic carbocycles. The number of nitrogen functional groups attached to an aromatic ring is 1. The zero-order valence-corrected chi connectivity index (χ0v) is 55.1. The lowest BCUT2D eigenvalue weighted by Gasteiger charge is -2.29. The number of imidazole rings is 2. The summed E-state index contributed by atoms with van der Waals surface area (Å²) in [7, 11) is 1.40. The molecule has 4 aliphatic heterocycles. The smallest absolute Gasteiger partial charge is 0.412 e. The van der Waals surface area contributed by atoms with Gasteiger partial charge in [-0.25, -0.2) is 53.1 Å². The van der Waals surface area contributed by atoms with E-state index < -0.39 is 112 Å². The molecule has 1 aromatic carbocycles. The van der Waals surface area contributed by atoms with Crippen LogP contribution >= 0.6 is 13.4 Å². The normalized spacial score (nSPS) is 26.0. The Morgan fingerprint density at radius 2 is 1.43 bits per heavy atom. The molecular formula is C55H72F2N16O18P2S2. The molecule has 95 heavy (non-hydrogen) atoms. The zero-order valence-electron chi connectivity index (χ0n) is 51.7. The highest BCUT2D eigenvalue weighted by atomic mass is 32.5. The van der Waals surface area contributed by atoms with Gasteiger partial charge in [0.2, 0.25) is 23.6 Å². The second kappa shape index (κ2) is 31.6. The minimum absolute atomic E-state index is 0.0139. The average Bonchev–Trinajstić information content (AvgIpc) is 1.62. The Hall–Kier alpha value is -7.48. The molecule has 34 nitrogen and oxygen atoms in total. The molecule has 8 heterocycles. The fourth-order valence-corrected chi connectivity index (χ4v) is 13.7. The van der Waals surface area contributed by atoms with Gasteiger partial charge in [0, 0.05) is 56.9 Å². The second-order valence-electron chi connectivity index (χ2n) is 23.1. The van der Waals surface area contributed by atoms with Crippen LogP contribution < -0.4 is 32.7 Å². The molecular weight excluding hydrogens is 1340 g/mol. The first-order chi connectivity index (χ1) is 45.2. The van der Waals surface area contributed by atoms with Crippen molar-refractivity contribution in [1.29, 1.82) is 0 Å². The molecule has 10 N–H and O–H groups in total. The second-order valence-corrected chi connectivity index (χ2v) is 28.7. The summed E-state index contributed by atoms with van der Waals surface area (Å²) < 4.78 is 80.5. The van der Waals surface area contributed by atoms with E-state index in [0.717, 1.165) is 28.4 Å². The molecule has 4 fully saturated rings. The molecule has 0 bridgehead atoms. The summed E-state index contributed by atoms with van der Waals surface area (Å²) in [6.45, 7) is -5.24. The zero-order chi connectivity index (χ0) is 68.5. The van der Waals surface area contributed by atoms with Crippen LogP contribution in [0.4, 0.5) is 40.5 Å². The summed E-state index contributed by atoms with van der Waals surface area (Å²) in [5, 5.41) is 10.5. The number of benzene rings is 1. The van der Waals surface area contributed by atoms with E-state index in [1.807, 2.05) is 0 Å². The number of ether oxygens (including phenoxy) is 4. The standard InChI is InChI=1S/C55H72F2N16O18P2S2/c1-28(2)40(68-36(75)10-6-5-7-16-71-37(76)19-29(3)50(71)78)33(74)20-31(9-8-15-60-53(59)79)49(77)67-32-13-11-30(12-14-32)21-85-55(81)70(4)17-18-84-54(80)69-46-42-48(64-25-62-46)73(27-66-42)52-39(57)44-35(89-52)23-87-92(82,94)90-43-34(22-86-93(83,95)91-44)88-51(38(43)56)72-26-65-41-45(58)61-24-63-47(41)72/h11-14,24-29,31,34-35,38-40,43-44,51-52H,5-10,15-23H2,1-4H3,(H,67,77)(H,68,75)(H,82,94)(H,83,95)(H2,58,61,63)(H3,59,60,79)(H,62,64,69,80)/t29?,31-,34-,35-,38-,39-,40?,43-,44-,51-,52-,92?,93?/m1/s1. The monoisotopic (exact) mass is 1410 g/mol. The summed E-state index contributed by atoms with van der Waals surface area (Å²) in [5.74, 6) is -3.28. The number of likely N-dealkylation sites (tertiary alicyclic amines) is 1. The molecule has 40 heteroatoms. The highest BCUT2D eigenvalue weighted by molar-refractivity contribution is 8.07. The Bertz CT molecular complexity index is 3750. The number of carbonyl (C=O) groups is 8.